The standard InChI is InChI=1S/C24H28F2IN5O/c1-23(2)11-17(12-24(3,4)32(23)27)33-21-9-8-20(29-30-21)18-7-6-15(10-19(18)22(25)26)16-13-28-31(5)14-16/h6-10,13-14,17,22H,11-12H2,1-5H3. The zero-order valence-electron chi connectivity index (χ0n) is 19.4. The molecule has 3 heterocycles. The van der Waals surface area contributed by atoms with Crippen LogP contribution >= 0.6 is 22.9 Å². The van der Waals surface area contributed by atoms with Gasteiger partial charge in [-0.25, -0.2) is 11.9 Å². The molecule has 0 bridgehead atoms. The Morgan fingerprint density at radius 3 is 2.27 bits per heavy atom. The van der Waals surface area contributed by atoms with E-state index in [1.807, 2.05) is 0 Å². The number of aromatic nitrogens is 4. The highest BCUT2D eigenvalue weighted by Crippen LogP contribution is 2.42. The van der Waals surface area contributed by atoms with Crippen molar-refractivity contribution in [2.45, 2.75) is 64.1 Å². The van der Waals surface area contributed by atoms with E-state index in [1.54, 1.807) is 48.4 Å². The van der Waals surface area contributed by atoms with Crippen LogP contribution in [0.25, 0.3) is 22.4 Å². The highest BCUT2D eigenvalue weighted by Gasteiger charge is 2.45. The van der Waals surface area contributed by atoms with Crippen LogP contribution in [0.3, 0.4) is 0 Å². The molecular formula is C24H28F2IN5O. The third-order valence-corrected chi connectivity index (χ3v) is 8.66. The summed E-state index contributed by atoms with van der Waals surface area (Å²) in [6.45, 7) is 8.80. The minimum atomic E-state index is -2.64. The fourth-order valence-electron chi connectivity index (χ4n) is 4.67. The fraction of sp³-hybridized carbons (Fsp3) is 0.458. The lowest BCUT2D eigenvalue weighted by Gasteiger charge is -2.51. The molecule has 4 rings (SSSR count). The number of hydrogen-bond donors (Lipinski definition) is 0. The van der Waals surface area contributed by atoms with Gasteiger partial charge in [-0.05, 0) is 45.4 Å². The SMILES string of the molecule is Cn1cc(-c2ccc(-c3ccc(OC4CC(C)(C)N(I)C(C)(C)C4)nn3)c(C(F)F)c2)cn1. The molecule has 2 aromatic heterocycles. The third kappa shape index (κ3) is 5.03. The molecule has 0 saturated carbocycles. The summed E-state index contributed by atoms with van der Waals surface area (Å²) in [5.74, 6) is 0.405. The van der Waals surface area contributed by atoms with E-state index in [4.69, 9.17) is 4.74 Å². The predicted octanol–water partition coefficient (Wildman–Crippen LogP) is 6.23. The number of hydrogen-bond acceptors (Lipinski definition) is 5. The van der Waals surface area contributed by atoms with Gasteiger partial charge in [0.2, 0.25) is 5.88 Å². The average molecular weight is 567 g/mol. The van der Waals surface area contributed by atoms with Gasteiger partial charge in [-0.3, -0.25) is 4.68 Å². The Bertz CT molecular complexity index is 1110. The van der Waals surface area contributed by atoms with Crippen molar-refractivity contribution < 1.29 is 13.5 Å². The number of ether oxygens (including phenoxy) is 1. The lowest BCUT2D eigenvalue weighted by Crippen LogP contribution is -2.57. The molecule has 0 radical (unpaired) electrons. The second-order valence-corrected chi connectivity index (χ2v) is 10.8. The Balaban J connectivity index is 1.56. The highest BCUT2D eigenvalue weighted by molar-refractivity contribution is 14.1. The summed E-state index contributed by atoms with van der Waals surface area (Å²) in [6.07, 6.45) is 2.51. The van der Waals surface area contributed by atoms with Gasteiger partial charge in [0.1, 0.15) is 6.10 Å². The quantitative estimate of drug-likeness (QED) is 0.270. The number of rotatable bonds is 5. The molecule has 0 unspecified atom stereocenters. The molecular weight excluding hydrogens is 539 g/mol. The molecule has 9 heteroatoms. The fourth-order valence-corrected chi connectivity index (χ4v) is 5.07. The maximum absolute atomic E-state index is 13.9. The van der Waals surface area contributed by atoms with E-state index in [9.17, 15) is 8.78 Å². The van der Waals surface area contributed by atoms with E-state index in [0.29, 0.717) is 22.7 Å². The molecule has 0 spiro atoms. The first-order chi connectivity index (χ1) is 15.5. The van der Waals surface area contributed by atoms with Crippen LogP contribution in [-0.2, 0) is 7.05 Å². The smallest absolute Gasteiger partial charge is 0.264 e. The number of aryl methyl sites for hydroxylation is 1. The van der Waals surface area contributed by atoms with Crippen LogP contribution < -0.4 is 4.74 Å². The Morgan fingerprint density at radius 2 is 1.73 bits per heavy atom. The summed E-state index contributed by atoms with van der Waals surface area (Å²) >= 11 is 2.39. The monoisotopic (exact) mass is 567 g/mol. The molecule has 1 aliphatic heterocycles. The minimum Gasteiger partial charge on any atom is -0.473 e. The first-order valence-electron chi connectivity index (χ1n) is 10.8. The van der Waals surface area contributed by atoms with Gasteiger partial charge in [0.15, 0.2) is 0 Å². The van der Waals surface area contributed by atoms with Crippen molar-refractivity contribution in [1.29, 1.82) is 0 Å². The number of halogens is 3. The van der Waals surface area contributed by atoms with Gasteiger partial charge in [-0.2, -0.15) is 5.10 Å². The van der Waals surface area contributed by atoms with Crippen molar-refractivity contribution in [1.82, 2.24) is 23.1 Å². The lowest BCUT2D eigenvalue weighted by atomic mass is 9.81. The van der Waals surface area contributed by atoms with Crippen LogP contribution in [0.2, 0.25) is 0 Å². The topological polar surface area (TPSA) is 56.1 Å². The summed E-state index contributed by atoms with van der Waals surface area (Å²) in [5.41, 5.74) is 2.07. The highest BCUT2D eigenvalue weighted by atomic mass is 127. The van der Waals surface area contributed by atoms with E-state index < -0.39 is 6.43 Å². The normalized spacial score (nSPS) is 18.6. The Labute approximate surface area is 206 Å². The van der Waals surface area contributed by atoms with Crippen molar-refractivity contribution in [2.75, 3.05) is 0 Å². The number of benzene rings is 1. The molecule has 0 N–H and O–H groups in total. The molecule has 1 fully saturated rings. The van der Waals surface area contributed by atoms with E-state index >= 15 is 0 Å². The van der Waals surface area contributed by atoms with Gasteiger partial charge in [-0.1, -0.05) is 12.1 Å². The third-order valence-electron chi connectivity index (χ3n) is 6.05. The van der Waals surface area contributed by atoms with Gasteiger partial charge < -0.3 is 4.74 Å². The molecule has 176 valence electrons. The van der Waals surface area contributed by atoms with E-state index in [2.05, 4.69) is 69.0 Å². The van der Waals surface area contributed by atoms with Crippen molar-refractivity contribution in [3.8, 4) is 28.3 Å². The van der Waals surface area contributed by atoms with Gasteiger partial charge >= 0.3 is 0 Å². The summed E-state index contributed by atoms with van der Waals surface area (Å²) in [4.78, 5) is 0. The van der Waals surface area contributed by atoms with Crippen LogP contribution in [0.5, 0.6) is 5.88 Å². The molecule has 0 amide bonds. The zero-order valence-corrected chi connectivity index (χ0v) is 21.5. The van der Waals surface area contributed by atoms with Crippen LogP contribution in [0.15, 0.2) is 42.7 Å². The lowest BCUT2D eigenvalue weighted by molar-refractivity contribution is 0.00136. The van der Waals surface area contributed by atoms with Gasteiger partial charge in [0.25, 0.3) is 6.43 Å². The van der Waals surface area contributed by atoms with Crippen LogP contribution in [0.4, 0.5) is 8.78 Å². The Hall–Kier alpha value is -2.14. The summed E-state index contributed by atoms with van der Waals surface area (Å²) in [5, 5.41) is 12.5. The number of alkyl halides is 2. The van der Waals surface area contributed by atoms with Crippen molar-refractivity contribution >= 4 is 22.9 Å². The minimum absolute atomic E-state index is 0.00319. The molecule has 6 nitrogen and oxygen atoms in total. The van der Waals surface area contributed by atoms with E-state index in [0.717, 1.165) is 18.4 Å². The molecule has 1 aromatic carbocycles. The molecule has 1 saturated heterocycles. The zero-order chi connectivity index (χ0) is 24.0. The van der Waals surface area contributed by atoms with E-state index in [1.165, 1.54) is 6.07 Å². The van der Waals surface area contributed by atoms with Crippen molar-refractivity contribution in [2.24, 2.45) is 7.05 Å². The molecule has 0 atom stereocenters. The predicted molar refractivity (Wildman–Crippen MR) is 132 cm³/mol. The maximum Gasteiger partial charge on any atom is 0.264 e. The van der Waals surface area contributed by atoms with E-state index in [-0.39, 0.29) is 22.7 Å². The Morgan fingerprint density at radius 1 is 1.03 bits per heavy atom. The van der Waals surface area contributed by atoms with Gasteiger partial charge in [0, 0.05) is 82.8 Å². The summed E-state index contributed by atoms with van der Waals surface area (Å²) < 4.78 is 37.9. The molecule has 1 aliphatic rings. The van der Waals surface area contributed by atoms with Crippen molar-refractivity contribution in [3.63, 3.8) is 0 Å². The van der Waals surface area contributed by atoms with Crippen LogP contribution in [0.1, 0.15) is 52.5 Å². The molecule has 33 heavy (non-hydrogen) atoms. The maximum atomic E-state index is 13.9. The first kappa shape index (κ1) is 24.0. The van der Waals surface area contributed by atoms with Crippen LogP contribution in [0, 0.1) is 0 Å². The summed E-state index contributed by atoms with van der Waals surface area (Å²) in [6, 6.07) is 8.35. The first-order valence-corrected chi connectivity index (χ1v) is 11.8. The second-order valence-electron chi connectivity index (χ2n) is 9.82. The second kappa shape index (κ2) is 8.90. The van der Waals surface area contributed by atoms with Crippen LogP contribution in [-0.4, -0.2) is 40.3 Å². The summed E-state index contributed by atoms with van der Waals surface area (Å²) in [7, 11) is 1.79. The number of piperidine rings is 1. The molecule has 3 aromatic rings. The number of nitrogens with zero attached hydrogens (tertiary/aromatic N) is 5. The van der Waals surface area contributed by atoms with Gasteiger partial charge in [0.05, 0.1) is 11.9 Å². The van der Waals surface area contributed by atoms with Crippen molar-refractivity contribution in [3.05, 3.63) is 48.3 Å². The average Bonchev–Trinajstić information content (AvgIpc) is 3.18. The largest absolute Gasteiger partial charge is 0.473 e. The molecule has 0 aliphatic carbocycles. The Kier molecular flexibility index (Phi) is 6.47. The van der Waals surface area contributed by atoms with Gasteiger partial charge in [-0.15, -0.1) is 10.2 Å².